The van der Waals surface area contributed by atoms with Gasteiger partial charge >= 0.3 is 5.97 Å². The minimum absolute atomic E-state index is 0.0964. The van der Waals surface area contributed by atoms with E-state index in [1.54, 1.807) is 29.0 Å². The Morgan fingerprint density at radius 2 is 2.08 bits per heavy atom. The lowest BCUT2D eigenvalue weighted by atomic mass is 10.3. The molecule has 9 heteroatoms. The van der Waals surface area contributed by atoms with E-state index in [9.17, 15) is 9.59 Å². The van der Waals surface area contributed by atoms with E-state index in [0.717, 1.165) is 10.6 Å². The largest absolute Gasteiger partial charge is 0.466 e. The summed E-state index contributed by atoms with van der Waals surface area (Å²) in [5, 5.41) is 11.4. The number of nitrogens with one attached hydrogen (secondary N) is 1. The molecule has 0 fully saturated rings. The van der Waals surface area contributed by atoms with Crippen molar-refractivity contribution in [3.8, 4) is 10.6 Å². The number of ether oxygens (including phenoxy) is 1. The molecule has 0 saturated carbocycles. The van der Waals surface area contributed by atoms with Crippen LogP contribution in [-0.4, -0.2) is 28.5 Å². The maximum absolute atomic E-state index is 12.2. The summed E-state index contributed by atoms with van der Waals surface area (Å²) in [4.78, 5) is 32.2. The molecule has 24 heavy (non-hydrogen) atoms. The number of rotatable bonds is 6. The van der Waals surface area contributed by atoms with Crippen LogP contribution in [0.2, 0.25) is 0 Å². The highest BCUT2D eigenvalue weighted by Crippen LogP contribution is 2.26. The van der Waals surface area contributed by atoms with Gasteiger partial charge in [0.05, 0.1) is 18.7 Å². The molecule has 3 heterocycles. The number of esters is 1. The van der Waals surface area contributed by atoms with Crippen molar-refractivity contribution in [3.05, 3.63) is 39.0 Å². The molecule has 1 N–H and O–H groups in total. The van der Waals surface area contributed by atoms with E-state index in [0.29, 0.717) is 23.1 Å². The van der Waals surface area contributed by atoms with Gasteiger partial charge in [0.1, 0.15) is 10.7 Å². The van der Waals surface area contributed by atoms with Gasteiger partial charge in [-0.25, -0.2) is 9.97 Å². The summed E-state index contributed by atoms with van der Waals surface area (Å²) in [6, 6.07) is 1.97. The Bertz CT molecular complexity index is 839. The van der Waals surface area contributed by atoms with E-state index in [1.807, 2.05) is 16.8 Å². The van der Waals surface area contributed by atoms with Gasteiger partial charge in [-0.05, 0) is 18.4 Å². The fourth-order valence-electron chi connectivity index (χ4n) is 1.86. The normalized spacial score (nSPS) is 10.5. The Morgan fingerprint density at radius 3 is 2.83 bits per heavy atom. The van der Waals surface area contributed by atoms with E-state index in [-0.39, 0.29) is 18.3 Å². The topological polar surface area (TPSA) is 81.2 Å². The molecule has 0 aliphatic carbocycles. The number of amides is 1. The first-order valence-corrected chi connectivity index (χ1v) is 9.75. The van der Waals surface area contributed by atoms with Crippen LogP contribution < -0.4 is 5.32 Å². The summed E-state index contributed by atoms with van der Waals surface area (Å²) in [6.45, 7) is 2.09. The van der Waals surface area contributed by atoms with E-state index < -0.39 is 0 Å². The quantitative estimate of drug-likeness (QED) is 0.661. The Labute approximate surface area is 150 Å². The maximum Gasteiger partial charge on any atom is 0.311 e. The van der Waals surface area contributed by atoms with Crippen LogP contribution in [0.4, 0.5) is 5.13 Å². The summed E-state index contributed by atoms with van der Waals surface area (Å²) in [6.07, 6.45) is 0.0964. The molecule has 0 aliphatic heterocycles. The summed E-state index contributed by atoms with van der Waals surface area (Å²) in [5.74, 6) is -0.648. The average Bonchev–Trinajstić information content (AvgIpc) is 3.28. The Balaban J connectivity index is 1.63. The molecule has 124 valence electrons. The van der Waals surface area contributed by atoms with Gasteiger partial charge in [-0.1, -0.05) is 0 Å². The number of thiazole rings is 2. The first-order valence-electron chi connectivity index (χ1n) is 7.05. The van der Waals surface area contributed by atoms with E-state index in [2.05, 4.69) is 15.3 Å². The van der Waals surface area contributed by atoms with E-state index in [4.69, 9.17) is 4.74 Å². The Morgan fingerprint density at radius 1 is 1.21 bits per heavy atom. The van der Waals surface area contributed by atoms with Crippen LogP contribution >= 0.6 is 34.0 Å². The number of thiophene rings is 1. The van der Waals surface area contributed by atoms with Crippen molar-refractivity contribution in [2.45, 2.75) is 13.3 Å². The third-order valence-corrected chi connectivity index (χ3v) is 5.29. The first-order chi connectivity index (χ1) is 11.7. The molecule has 1 amide bonds. The average molecular weight is 379 g/mol. The minimum Gasteiger partial charge on any atom is -0.466 e. The van der Waals surface area contributed by atoms with Crippen molar-refractivity contribution < 1.29 is 14.3 Å². The number of aromatic nitrogens is 2. The van der Waals surface area contributed by atoms with Gasteiger partial charge in [0, 0.05) is 21.7 Å². The van der Waals surface area contributed by atoms with Crippen molar-refractivity contribution in [2.75, 3.05) is 11.9 Å². The van der Waals surface area contributed by atoms with Gasteiger partial charge in [0.15, 0.2) is 5.13 Å². The highest BCUT2D eigenvalue weighted by Gasteiger charge is 2.15. The van der Waals surface area contributed by atoms with Crippen molar-refractivity contribution in [3.63, 3.8) is 0 Å². The second-order valence-electron chi connectivity index (χ2n) is 4.63. The monoisotopic (exact) mass is 379 g/mol. The summed E-state index contributed by atoms with van der Waals surface area (Å²) in [7, 11) is 0. The smallest absolute Gasteiger partial charge is 0.311 e. The predicted octanol–water partition coefficient (Wildman–Crippen LogP) is 3.69. The molecule has 0 atom stereocenters. The molecule has 0 aliphatic rings. The molecule has 0 unspecified atom stereocenters. The van der Waals surface area contributed by atoms with Crippen LogP contribution in [0.3, 0.4) is 0 Å². The zero-order chi connectivity index (χ0) is 16.9. The molecule has 0 radical (unpaired) electrons. The van der Waals surface area contributed by atoms with E-state index >= 15 is 0 Å². The Kier molecular flexibility index (Phi) is 5.34. The standard InChI is InChI=1S/C15H13N3O3S3/c1-2-21-12(19)5-10-7-24-15(16-10)18-13(20)11-8-23-14(17-11)9-3-4-22-6-9/h3-4,6-8H,2,5H2,1H3,(H,16,18,20). The number of hydrogen-bond acceptors (Lipinski definition) is 8. The molecular weight excluding hydrogens is 366 g/mol. The summed E-state index contributed by atoms with van der Waals surface area (Å²) >= 11 is 4.27. The fraction of sp³-hybridized carbons (Fsp3) is 0.200. The number of anilines is 1. The lowest BCUT2D eigenvalue weighted by Crippen LogP contribution is -2.12. The van der Waals surface area contributed by atoms with Crippen molar-refractivity contribution in [1.82, 2.24) is 9.97 Å². The SMILES string of the molecule is CCOC(=O)Cc1csc(NC(=O)c2csc(-c3ccsc3)n2)n1. The summed E-state index contributed by atoms with van der Waals surface area (Å²) in [5.41, 5.74) is 1.93. The lowest BCUT2D eigenvalue weighted by molar-refractivity contribution is -0.142. The molecule has 3 aromatic rings. The highest BCUT2D eigenvalue weighted by atomic mass is 32.1. The second-order valence-corrected chi connectivity index (χ2v) is 7.13. The van der Waals surface area contributed by atoms with Gasteiger partial charge in [-0.3, -0.25) is 14.9 Å². The molecule has 0 saturated heterocycles. The highest BCUT2D eigenvalue weighted by molar-refractivity contribution is 7.14. The molecule has 3 aromatic heterocycles. The molecule has 3 rings (SSSR count). The fourth-order valence-corrected chi connectivity index (χ4v) is 4.08. The third-order valence-electron chi connectivity index (χ3n) is 2.91. The van der Waals surface area contributed by atoms with Gasteiger partial charge in [-0.15, -0.1) is 22.7 Å². The number of hydrogen-bond donors (Lipinski definition) is 1. The van der Waals surface area contributed by atoms with Crippen molar-refractivity contribution in [2.24, 2.45) is 0 Å². The van der Waals surface area contributed by atoms with Crippen molar-refractivity contribution >= 4 is 51.0 Å². The number of nitrogens with zero attached hydrogens (tertiary/aromatic N) is 2. The van der Waals surface area contributed by atoms with Gasteiger partial charge in [-0.2, -0.15) is 11.3 Å². The van der Waals surface area contributed by atoms with Gasteiger partial charge in [0.2, 0.25) is 0 Å². The Hall–Kier alpha value is -2.10. The first kappa shape index (κ1) is 16.7. The molecule has 0 aromatic carbocycles. The molecule has 6 nitrogen and oxygen atoms in total. The van der Waals surface area contributed by atoms with E-state index in [1.165, 1.54) is 22.7 Å². The maximum atomic E-state index is 12.2. The van der Waals surface area contributed by atoms with Crippen LogP contribution in [0.1, 0.15) is 23.1 Å². The molecule has 0 bridgehead atoms. The zero-order valence-corrected chi connectivity index (χ0v) is 15.1. The third kappa shape index (κ3) is 4.05. The second kappa shape index (κ2) is 7.65. The molecular formula is C15H13N3O3S3. The van der Waals surface area contributed by atoms with Crippen LogP contribution in [0, 0.1) is 0 Å². The van der Waals surface area contributed by atoms with Crippen LogP contribution in [0.5, 0.6) is 0 Å². The predicted molar refractivity (Wildman–Crippen MR) is 95.8 cm³/mol. The molecule has 0 spiro atoms. The summed E-state index contributed by atoms with van der Waals surface area (Å²) < 4.78 is 4.87. The van der Waals surface area contributed by atoms with Gasteiger partial charge < -0.3 is 4.74 Å². The number of carbonyl (C=O) groups is 2. The van der Waals surface area contributed by atoms with Crippen molar-refractivity contribution in [1.29, 1.82) is 0 Å². The zero-order valence-electron chi connectivity index (χ0n) is 12.6. The lowest BCUT2D eigenvalue weighted by Gasteiger charge is -1.99. The number of carbonyl (C=O) groups excluding carboxylic acids is 2. The van der Waals surface area contributed by atoms with Crippen LogP contribution in [0.25, 0.3) is 10.6 Å². The van der Waals surface area contributed by atoms with Crippen LogP contribution in [0.15, 0.2) is 27.6 Å². The van der Waals surface area contributed by atoms with Gasteiger partial charge in [0.25, 0.3) is 5.91 Å². The van der Waals surface area contributed by atoms with Crippen LogP contribution in [-0.2, 0) is 16.0 Å². The minimum atomic E-state index is -0.333.